The fraction of sp³-hybridized carbons (Fsp3) is 0.571. The monoisotopic (exact) mass is 251 g/mol. The maximum atomic E-state index is 9.74. The second-order valence-electron chi connectivity index (χ2n) is 4.84. The van der Waals surface area contributed by atoms with Crippen molar-refractivity contribution in [3.63, 3.8) is 0 Å². The molecule has 0 aliphatic carbocycles. The predicted octanol–water partition coefficient (Wildman–Crippen LogP) is 2.32. The normalized spacial score (nSPS) is 21.1. The fourth-order valence-electron chi connectivity index (χ4n) is 2.33. The lowest BCUT2D eigenvalue weighted by atomic mass is 10.1. The first-order valence-corrected chi connectivity index (χ1v) is 6.53. The molecule has 100 valence electrons. The standard InChI is InChI=1S/C14H21NO3/c1-10(13-9-11(16)4-5-14(13)17)15-7-6-12-3-2-8-18-12/h4-5,9-10,12,15-17H,2-3,6-8H2,1H3. The number of hydrogen-bond acceptors (Lipinski definition) is 4. The van der Waals surface area contributed by atoms with Crippen molar-refractivity contribution in [2.45, 2.75) is 38.3 Å². The lowest BCUT2D eigenvalue weighted by Gasteiger charge is -2.17. The summed E-state index contributed by atoms with van der Waals surface area (Å²) in [6.45, 7) is 3.71. The van der Waals surface area contributed by atoms with Crippen LogP contribution in [-0.4, -0.2) is 29.5 Å². The van der Waals surface area contributed by atoms with Gasteiger partial charge >= 0.3 is 0 Å². The summed E-state index contributed by atoms with van der Waals surface area (Å²) in [6.07, 6.45) is 3.67. The Hall–Kier alpha value is -1.26. The van der Waals surface area contributed by atoms with Crippen LogP contribution in [0.4, 0.5) is 0 Å². The van der Waals surface area contributed by atoms with Gasteiger partial charge in [0.2, 0.25) is 0 Å². The van der Waals surface area contributed by atoms with Gasteiger partial charge in [0, 0.05) is 18.2 Å². The minimum atomic E-state index is 0.0125. The van der Waals surface area contributed by atoms with E-state index in [4.69, 9.17) is 4.74 Å². The molecule has 0 spiro atoms. The van der Waals surface area contributed by atoms with Crippen molar-refractivity contribution in [1.82, 2.24) is 5.32 Å². The molecular weight excluding hydrogens is 230 g/mol. The van der Waals surface area contributed by atoms with Gasteiger partial charge < -0.3 is 20.3 Å². The van der Waals surface area contributed by atoms with Gasteiger partial charge in [0.25, 0.3) is 0 Å². The van der Waals surface area contributed by atoms with Gasteiger partial charge in [0.05, 0.1) is 6.10 Å². The number of hydrogen-bond donors (Lipinski definition) is 3. The van der Waals surface area contributed by atoms with Gasteiger partial charge in [-0.2, -0.15) is 0 Å². The molecule has 1 aliphatic rings. The van der Waals surface area contributed by atoms with Gasteiger partial charge in [-0.1, -0.05) is 0 Å². The topological polar surface area (TPSA) is 61.7 Å². The van der Waals surface area contributed by atoms with E-state index in [1.54, 1.807) is 6.07 Å². The Morgan fingerprint density at radius 1 is 1.44 bits per heavy atom. The van der Waals surface area contributed by atoms with Crippen LogP contribution in [0.15, 0.2) is 18.2 Å². The highest BCUT2D eigenvalue weighted by molar-refractivity contribution is 5.40. The summed E-state index contributed by atoms with van der Waals surface area (Å²) in [5, 5.41) is 22.5. The second-order valence-corrected chi connectivity index (χ2v) is 4.84. The average molecular weight is 251 g/mol. The number of ether oxygens (including phenoxy) is 1. The molecule has 1 aliphatic heterocycles. The highest BCUT2D eigenvalue weighted by Crippen LogP contribution is 2.27. The predicted molar refractivity (Wildman–Crippen MR) is 69.8 cm³/mol. The summed E-state index contributed by atoms with van der Waals surface area (Å²) in [4.78, 5) is 0. The second kappa shape index (κ2) is 6.07. The maximum Gasteiger partial charge on any atom is 0.120 e. The summed E-state index contributed by atoms with van der Waals surface area (Å²) >= 11 is 0. The number of aromatic hydroxyl groups is 2. The molecule has 2 unspecified atom stereocenters. The van der Waals surface area contributed by atoms with Gasteiger partial charge in [-0.25, -0.2) is 0 Å². The van der Waals surface area contributed by atoms with Crippen molar-refractivity contribution in [3.8, 4) is 11.5 Å². The van der Waals surface area contributed by atoms with E-state index in [2.05, 4.69) is 5.32 Å². The molecule has 1 saturated heterocycles. The molecule has 0 aromatic heterocycles. The van der Waals surface area contributed by atoms with Crippen molar-refractivity contribution in [1.29, 1.82) is 0 Å². The van der Waals surface area contributed by atoms with Crippen LogP contribution in [0, 0.1) is 0 Å². The molecule has 0 amide bonds. The molecule has 1 fully saturated rings. The average Bonchev–Trinajstić information content (AvgIpc) is 2.85. The third-order valence-corrected chi connectivity index (χ3v) is 3.42. The van der Waals surface area contributed by atoms with Crippen LogP contribution in [0.3, 0.4) is 0 Å². The summed E-state index contributed by atoms with van der Waals surface area (Å²) in [6, 6.07) is 4.61. The van der Waals surface area contributed by atoms with Crippen LogP contribution in [0.2, 0.25) is 0 Å². The molecule has 2 atom stereocenters. The maximum absolute atomic E-state index is 9.74. The zero-order valence-electron chi connectivity index (χ0n) is 10.7. The molecule has 1 heterocycles. The molecule has 0 radical (unpaired) electrons. The van der Waals surface area contributed by atoms with Crippen LogP contribution < -0.4 is 5.32 Å². The van der Waals surface area contributed by atoms with Gasteiger partial charge in [-0.3, -0.25) is 0 Å². The number of nitrogens with one attached hydrogen (secondary N) is 1. The van der Waals surface area contributed by atoms with Gasteiger partial charge in [0.15, 0.2) is 0 Å². The Bertz CT molecular complexity index is 389. The molecule has 4 heteroatoms. The van der Waals surface area contributed by atoms with Crippen LogP contribution >= 0.6 is 0 Å². The summed E-state index contributed by atoms with van der Waals surface area (Å²) in [5.41, 5.74) is 0.724. The Labute approximate surface area is 108 Å². The Morgan fingerprint density at radius 2 is 2.28 bits per heavy atom. The number of phenolic OH excluding ortho intramolecular Hbond substituents is 2. The van der Waals surface area contributed by atoms with E-state index in [-0.39, 0.29) is 17.5 Å². The van der Waals surface area contributed by atoms with Crippen LogP contribution in [-0.2, 0) is 4.74 Å². The molecule has 4 nitrogen and oxygen atoms in total. The van der Waals surface area contributed by atoms with Crippen LogP contribution in [0.25, 0.3) is 0 Å². The van der Waals surface area contributed by atoms with E-state index in [0.29, 0.717) is 6.10 Å². The third kappa shape index (κ3) is 3.37. The fourth-order valence-corrected chi connectivity index (χ4v) is 2.33. The number of phenols is 2. The van der Waals surface area contributed by atoms with E-state index >= 15 is 0 Å². The first kappa shape index (κ1) is 13.2. The first-order chi connectivity index (χ1) is 8.66. The van der Waals surface area contributed by atoms with E-state index in [1.807, 2.05) is 6.92 Å². The van der Waals surface area contributed by atoms with Crippen molar-refractivity contribution in [2.24, 2.45) is 0 Å². The third-order valence-electron chi connectivity index (χ3n) is 3.42. The zero-order chi connectivity index (χ0) is 13.0. The molecule has 18 heavy (non-hydrogen) atoms. The Balaban J connectivity index is 1.83. The zero-order valence-corrected chi connectivity index (χ0v) is 10.7. The van der Waals surface area contributed by atoms with Gasteiger partial charge in [0.1, 0.15) is 11.5 Å². The Morgan fingerprint density at radius 3 is 3.00 bits per heavy atom. The summed E-state index contributed by atoms with van der Waals surface area (Å²) < 4.78 is 5.55. The molecule has 3 N–H and O–H groups in total. The SMILES string of the molecule is CC(NCCC1CCCO1)c1cc(O)ccc1O. The van der Waals surface area contributed by atoms with Gasteiger partial charge in [-0.15, -0.1) is 0 Å². The lowest BCUT2D eigenvalue weighted by molar-refractivity contribution is 0.103. The molecule has 0 saturated carbocycles. The highest BCUT2D eigenvalue weighted by Gasteiger charge is 2.16. The smallest absolute Gasteiger partial charge is 0.120 e. The minimum absolute atomic E-state index is 0.0125. The number of rotatable bonds is 5. The van der Waals surface area contributed by atoms with E-state index in [9.17, 15) is 10.2 Å². The summed E-state index contributed by atoms with van der Waals surface area (Å²) in [5.74, 6) is 0.389. The first-order valence-electron chi connectivity index (χ1n) is 6.53. The number of benzene rings is 1. The molecule has 0 bridgehead atoms. The van der Waals surface area contributed by atoms with E-state index in [1.165, 1.54) is 12.1 Å². The van der Waals surface area contributed by atoms with Crippen molar-refractivity contribution < 1.29 is 14.9 Å². The van der Waals surface area contributed by atoms with Crippen molar-refractivity contribution in [3.05, 3.63) is 23.8 Å². The Kier molecular flexibility index (Phi) is 4.44. The lowest BCUT2D eigenvalue weighted by Crippen LogP contribution is -2.23. The van der Waals surface area contributed by atoms with Crippen molar-refractivity contribution in [2.75, 3.05) is 13.2 Å². The van der Waals surface area contributed by atoms with E-state index < -0.39 is 0 Å². The van der Waals surface area contributed by atoms with Gasteiger partial charge in [-0.05, 0) is 50.9 Å². The minimum Gasteiger partial charge on any atom is -0.508 e. The van der Waals surface area contributed by atoms with E-state index in [0.717, 1.165) is 38.0 Å². The molecule has 1 aromatic rings. The molecule has 1 aromatic carbocycles. The molecule has 2 rings (SSSR count). The summed E-state index contributed by atoms with van der Waals surface area (Å²) in [7, 11) is 0. The molecular formula is C14H21NO3. The largest absolute Gasteiger partial charge is 0.508 e. The highest BCUT2D eigenvalue weighted by atomic mass is 16.5. The van der Waals surface area contributed by atoms with Crippen LogP contribution in [0.1, 0.15) is 37.8 Å². The van der Waals surface area contributed by atoms with Crippen molar-refractivity contribution >= 4 is 0 Å². The quantitative estimate of drug-likeness (QED) is 0.703. The van der Waals surface area contributed by atoms with Crippen LogP contribution in [0.5, 0.6) is 11.5 Å².